The van der Waals surface area contributed by atoms with E-state index in [-0.39, 0.29) is 11.1 Å². The Bertz CT molecular complexity index is 456. The van der Waals surface area contributed by atoms with Gasteiger partial charge in [-0.1, -0.05) is 6.92 Å². The molecular weight excluding hydrogens is 244 g/mol. The number of piperidine rings is 1. The molecule has 1 aromatic rings. The summed E-state index contributed by atoms with van der Waals surface area (Å²) in [6.07, 6.45) is 3.71. The molecule has 1 aromatic heterocycles. The summed E-state index contributed by atoms with van der Waals surface area (Å²) in [5, 5.41) is 12.0. The summed E-state index contributed by atoms with van der Waals surface area (Å²) in [4.78, 5) is 21.2. The molecule has 0 bridgehead atoms. The van der Waals surface area contributed by atoms with Crippen LogP contribution in [0.15, 0.2) is 12.3 Å². The molecule has 2 N–H and O–H groups in total. The van der Waals surface area contributed by atoms with E-state index >= 15 is 0 Å². The van der Waals surface area contributed by atoms with Crippen LogP contribution in [0.2, 0.25) is 0 Å². The highest BCUT2D eigenvalue weighted by Gasteiger charge is 2.28. The number of hydrogen-bond acceptors (Lipinski definition) is 5. The number of carboxylic acid groups (broad SMARTS) is 1. The van der Waals surface area contributed by atoms with Gasteiger partial charge in [-0.15, -0.1) is 0 Å². The van der Waals surface area contributed by atoms with E-state index in [0.29, 0.717) is 5.95 Å². The third kappa shape index (κ3) is 3.64. The normalized spacial score (nSPS) is 19.1. The fraction of sp³-hybridized carbons (Fsp3) is 0.615. The van der Waals surface area contributed by atoms with Crippen LogP contribution >= 0.6 is 0 Å². The standard InChI is InChI=1S/C13H20N4O2/c1-13(4-7-17(2)8-5-13)9-15-12-14-6-3-10(16-12)11(18)19/h3,6H,4-5,7-9H2,1-2H3,(H,18,19)(H,14,15,16). The van der Waals surface area contributed by atoms with Crippen LogP contribution in [0.3, 0.4) is 0 Å². The smallest absolute Gasteiger partial charge is 0.354 e. The Morgan fingerprint density at radius 3 is 2.84 bits per heavy atom. The molecule has 0 radical (unpaired) electrons. The molecule has 2 rings (SSSR count). The second kappa shape index (κ2) is 5.52. The van der Waals surface area contributed by atoms with Gasteiger partial charge in [0.15, 0.2) is 5.69 Å². The lowest BCUT2D eigenvalue weighted by atomic mass is 9.80. The molecule has 1 aliphatic heterocycles. The Morgan fingerprint density at radius 2 is 2.21 bits per heavy atom. The number of aromatic carboxylic acids is 1. The summed E-state index contributed by atoms with van der Waals surface area (Å²) in [5.74, 6) is -0.643. The third-order valence-electron chi connectivity index (χ3n) is 3.74. The average Bonchev–Trinajstić information content (AvgIpc) is 2.41. The zero-order valence-corrected chi connectivity index (χ0v) is 11.4. The van der Waals surface area contributed by atoms with Crippen molar-refractivity contribution in [2.75, 3.05) is 32.0 Å². The highest BCUT2D eigenvalue weighted by molar-refractivity contribution is 5.85. The first-order valence-electron chi connectivity index (χ1n) is 6.47. The second-order valence-corrected chi connectivity index (χ2v) is 5.54. The first-order chi connectivity index (χ1) is 8.98. The van der Waals surface area contributed by atoms with Crippen LogP contribution in [0.25, 0.3) is 0 Å². The van der Waals surface area contributed by atoms with Crippen molar-refractivity contribution >= 4 is 11.9 Å². The maximum atomic E-state index is 10.8. The zero-order valence-electron chi connectivity index (χ0n) is 11.4. The number of likely N-dealkylation sites (tertiary alicyclic amines) is 1. The first kappa shape index (κ1) is 13.7. The number of anilines is 1. The largest absolute Gasteiger partial charge is 0.477 e. The molecule has 6 nitrogen and oxygen atoms in total. The fourth-order valence-corrected chi connectivity index (χ4v) is 2.19. The summed E-state index contributed by atoms with van der Waals surface area (Å²) >= 11 is 0. The highest BCUT2D eigenvalue weighted by atomic mass is 16.4. The van der Waals surface area contributed by atoms with Gasteiger partial charge in [-0.2, -0.15) is 0 Å². The monoisotopic (exact) mass is 264 g/mol. The SMILES string of the molecule is CN1CCC(C)(CNc2nccc(C(=O)O)n2)CC1. The highest BCUT2D eigenvalue weighted by Crippen LogP contribution is 2.30. The van der Waals surface area contributed by atoms with Crippen LogP contribution in [-0.2, 0) is 0 Å². The Kier molecular flexibility index (Phi) is 3.99. The number of hydrogen-bond donors (Lipinski definition) is 2. The van der Waals surface area contributed by atoms with Gasteiger partial charge in [-0.25, -0.2) is 14.8 Å². The molecule has 1 saturated heterocycles. The van der Waals surface area contributed by atoms with E-state index in [4.69, 9.17) is 5.11 Å². The van der Waals surface area contributed by atoms with Crippen LogP contribution in [-0.4, -0.2) is 52.6 Å². The Labute approximate surface area is 112 Å². The summed E-state index contributed by atoms with van der Waals surface area (Å²) in [6.45, 7) is 5.19. The van der Waals surface area contributed by atoms with Crippen LogP contribution < -0.4 is 5.32 Å². The molecule has 104 valence electrons. The van der Waals surface area contributed by atoms with Crippen LogP contribution in [0.4, 0.5) is 5.95 Å². The molecule has 0 spiro atoms. The number of nitrogens with one attached hydrogen (secondary N) is 1. The minimum absolute atomic E-state index is 0.0195. The van der Waals surface area contributed by atoms with Gasteiger partial charge in [-0.3, -0.25) is 0 Å². The van der Waals surface area contributed by atoms with E-state index in [0.717, 1.165) is 32.5 Å². The molecule has 0 unspecified atom stereocenters. The molecule has 0 atom stereocenters. The van der Waals surface area contributed by atoms with E-state index in [1.165, 1.54) is 12.3 Å². The van der Waals surface area contributed by atoms with Crippen LogP contribution in [0.5, 0.6) is 0 Å². The van der Waals surface area contributed by atoms with Gasteiger partial charge in [0.1, 0.15) is 0 Å². The van der Waals surface area contributed by atoms with Gasteiger partial charge in [0.25, 0.3) is 0 Å². The third-order valence-corrected chi connectivity index (χ3v) is 3.74. The number of aromatic nitrogens is 2. The molecule has 19 heavy (non-hydrogen) atoms. The topological polar surface area (TPSA) is 78.4 Å². The molecule has 6 heteroatoms. The van der Waals surface area contributed by atoms with Crippen molar-refractivity contribution in [1.29, 1.82) is 0 Å². The molecule has 1 aliphatic rings. The maximum absolute atomic E-state index is 10.8. The van der Waals surface area contributed by atoms with Gasteiger partial charge < -0.3 is 15.3 Å². The van der Waals surface area contributed by atoms with Crippen LogP contribution in [0, 0.1) is 5.41 Å². The average molecular weight is 264 g/mol. The minimum atomic E-state index is -1.03. The lowest BCUT2D eigenvalue weighted by molar-refractivity contribution is 0.0690. The summed E-state index contributed by atoms with van der Waals surface area (Å²) < 4.78 is 0. The summed E-state index contributed by atoms with van der Waals surface area (Å²) in [7, 11) is 2.13. The zero-order chi connectivity index (χ0) is 13.9. The van der Waals surface area contributed by atoms with Crippen molar-refractivity contribution in [3.63, 3.8) is 0 Å². The van der Waals surface area contributed by atoms with E-state index in [2.05, 4.69) is 34.2 Å². The molecule has 0 amide bonds. The van der Waals surface area contributed by atoms with Crippen molar-refractivity contribution in [3.8, 4) is 0 Å². The maximum Gasteiger partial charge on any atom is 0.354 e. The predicted molar refractivity (Wildman–Crippen MR) is 72.3 cm³/mol. The van der Waals surface area contributed by atoms with Gasteiger partial charge in [-0.05, 0) is 44.5 Å². The van der Waals surface area contributed by atoms with E-state index in [1.54, 1.807) is 0 Å². The first-order valence-corrected chi connectivity index (χ1v) is 6.47. The fourth-order valence-electron chi connectivity index (χ4n) is 2.19. The van der Waals surface area contributed by atoms with Gasteiger partial charge in [0, 0.05) is 12.7 Å². The van der Waals surface area contributed by atoms with Crippen molar-refractivity contribution < 1.29 is 9.90 Å². The lowest BCUT2D eigenvalue weighted by Crippen LogP contribution is -2.40. The van der Waals surface area contributed by atoms with Crippen molar-refractivity contribution in [3.05, 3.63) is 18.0 Å². The minimum Gasteiger partial charge on any atom is -0.477 e. The van der Waals surface area contributed by atoms with Crippen molar-refractivity contribution in [1.82, 2.24) is 14.9 Å². The van der Waals surface area contributed by atoms with E-state index < -0.39 is 5.97 Å². The number of carbonyl (C=O) groups is 1. The van der Waals surface area contributed by atoms with Crippen molar-refractivity contribution in [2.24, 2.45) is 5.41 Å². The molecule has 1 fully saturated rings. The van der Waals surface area contributed by atoms with E-state index in [9.17, 15) is 4.79 Å². The number of carboxylic acids is 1. The molecule has 2 heterocycles. The van der Waals surface area contributed by atoms with Gasteiger partial charge in [0.2, 0.25) is 5.95 Å². The Hall–Kier alpha value is -1.69. The number of rotatable bonds is 4. The van der Waals surface area contributed by atoms with Gasteiger partial charge in [0.05, 0.1) is 0 Å². The molecular formula is C13H20N4O2. The molecule has 0 aliphatic carbocycles. The quantitative estimate of drug-likeness (QED) is 0.854. The predicted octanol–water partition coefficient (Wildman–Crippen LogP) is 1.32. The van der Waals surface area contributed by atoms with Gasteiger partial charge >= 0.3 is 5.97 Å². The van der Waals surface area contributed by atoms with Crippen molar-refractivity contribution in [2.45, 2.75) is 19.8 Å². The summed E-state index contributed by atoms with van der Waals surface area (Å²) in [6, 6.07) is 1.39. The molecule has 0 aromatic carbocycles. The lowest BCUT2D eigenvalue weighted by Gasteiger charge is -2.37. The summed E-state index contributed by atoms with van der Waals surface area (Å²) in [5.41, 5.74) is 0.237. The van der Waals surface area contributed by atoms with E-state index in [1.807, 2.05) is 0 Å². The number of nitrogens with zero attached hydrogens (tertiary/aromatic N) is 3. The molecule has 0 saturated carbocycles. The van der Waals surface area contributed by atoms with Crippen LogP contribution in [0.1, 0.15) is 30.3 Å². The Balaban J connectivity index is 1.95. The Morgan fingerprint density at radius 1 is 1.53 bits per heavy atom. The second-order valence-electron chi connectivity index (χ2n) is 5.54.